The van der Waals surface area contributed by atoms with Crippen molar-refractivity contribution < 1.29 is 0 Å². The minimum Gasteiger partial charge on any atom is -0.314 e. The number of nitrogens with one attached hydrogen (secondary N) is 1. The third-order valence-electron chi connectivity index (χ3n) is 2.62. The highest BCUT2D eigenvalue weighted by atomic mass is 15.3. The summed E-state index contributed by atoms with van der Waals surface area (Å²) in [7, 11) is 0. The topological polar surface area (TPSA) is 29.9 Å². The van der Waals surface area contributed by atoms with E-state index in [0.717, 1.165) is 13.0 Å². The van der Waals surface area contributed by atoms with Gasteiger partial charge in [-0.05, 0) is 38.8 Å². The molecule has 0 bridgehead atoms. The summed E-state index contributed by atoms with van der Waals surface area (Å²) in [5, 5.41) is 8.03. The fraction of sp³-hybridized carbons (Fsp3) is 0.769. The fourth-order valence-corrected chi connectivity index (χ4v) is 1.64. The molecule has 92 valence electrons. The molecule has 3 heteroatoms. The molecular formula is C13H25N3. The molecular weight excluding hydrogens is 198 g/mol. The van der Waals surface area contributed by atoms with E-state index >= 15 is 0 Å². The van der Waals surface area contributed by atoms with Crippen molar-refractivity contribution in [2.45, 2.75) is 53.1 Å². The summed E-state index contributed by atoms with van der Waals surface area (Å²) in [5.74, 6) is 0.637. The number of hydrogen-bond acceptors (Lipinski definition) is 2. The van der Waals surface area contributed by atoms with Crippen LogP contribution in [0.25, 0.3) is 0 Å². The van der Waals surface area contributed by atoms with Crippen molar-refractivity contribution in [3.8, 4) is 0 Å². The van der Waals surface area contributed by atoms with Gasteiger partial charge in [0, 0.05) is 18.3 Å². The minimum absolute atomic E-state index is 0.456. The van der Waals surface area contributed by atoms with Crippen molar-refractivity contribution in [1.29, 1.82) is 0 Å². The normalized spacial score (nSPS) is 13.7. The lowest BCUT2D eigenvalue weighted by molar-refractivity contribution is 0.464. The second-order valence-electron chi connectivity index (χ2n) is 5.25. The lowest BCUT2D eigenvalue weighted by Gasteiger charge is -2.13. The van der Waals surface area contributed by atoms with E-state index in [1.54, 1.807) is 0 Å². The van der Waals surface area contributed by atoms with E-state index in [-0.39, 0.29) is 0 Å². The fourth-order valence-electron chi connectivity index (χ4n) is 1.64. The Bertz CT molecular complexity index is 302. The Labute approximate surface area is 99.2 Å². The first-order valence-electron chi connectivity index (χ1n) is 6.26. The van der Waals surface area contributed by atoms with Gasteiger partial charge in [-0.15, -0.1) is 0 Å². The molecule has 1 atom stereocenters. The highest BCUT2D eigenvalue weighted by Crippen LogP contribution is 2.08. The Kier molecular flexibility index (Phi) is 5.00. The quantitative estimate of drug-likeness (QED) is 0.803. The van der Waals surface area contributed by atoms with E-state index in [9.17, 15) is 0 Å². The van der Waals surface area contributed by atoms with Crippen LogP contribution in [0.2, 0.25) is 0 Å². The third kappa shape index (κ3) is 4.35. The molecule has 0 aromatic carbocycles. The first-order valence-corrected chi connectivity index (χ1v) is 6.26. The number of hydrogen-bond donors (Lipinski definition) is 1. The Morgan fingerprint density at radius 1 is 1.25 bits per heavy atom. The maximum Gasteiger partial charge on any atom is 0.0627 e. The summed E-state index contributed by atoms with van der Waals surface area (Å²) in [6.45, 7) is 12.0. The molecule has 0 saturated heterocycles. The average molecular weight is 223 g/mol. The standard InChI is InChI=1S/C13H25N3/c1-10(2)14-9-12(5)8-13-6-7-16(15-13)11(3)4/h6-7,10-12,14H,8-9H2,1-5H3. The van der Waals surface area contributed by atoms with Crippen molar-refractivity contribution in [2.75, 3.05) is 6.54 Å². The highest BCUT2D eigenvalue weighted by molar-refractivity contribution is 5.00. The second kappa shape index (κ2) is 6.04. The van der Waals surface area contributed by atoms with E-state index in [0.29, 0.717) is 18.0 Å². The molecule has 0 spiro atoms. The SMILES string of the molecule is CC(CNC(C)C)Cc1ccn(C(C)C)n1. The smallest absolute Gasteiger partial charge is 0.0627 e. The number of aromatic nitrogens is 2. The molecule has 0 radical (unpaired) electrons. The van der Waals surface area contributed by atoms with Gasteiger partial charge in [0.1, 0.15) is 0 Å². The maximum absolute atomic E-state index is 4.57. The molecule has 1 aromatic heterocycles. The van der Waals surface area contributed by atoms with Gasteiger partial charge in [-0.3, -0.25) is 4.68 Å². The van der Waals surface area contributed by atoms with Crippen LogP contribution in [0.5, 0.6) is 0 Å². The third-order valence-corrected chi connectivity index (χ3v) is 2.62. The van der Waals surface area contributed by atoms with Crippen LogP contribution in [-0.4, -0.2) is 22.4 Å². The predicted octanol–water partition coefficient (Wildman–Crippen LogP) is 2.64. The van der Waals surface area contributed by atoms with Gasteiger partial charge in [-0.2, -0.15) is 5.10 Å². The van der Waals surface area contributed by atoms with E-state index in [1.807, 2.05) is 4.68 Å². The van der Waals surface area contributed by atoms with Gasteiger partial charge in [0.2, 0.25) is 0 Å². The zero-order valence-electron chi connectivity index (χ0n) is 11.2. The van der Waals surface area contributed by atoms with Crippen molar-refractivity contribution >= 4 is 0 Å². The predicted molar refractivity (Wildman–Crippen MR) is 68.6 cm³/mol. The van der Waals surface area contributed by atoms with Crippen molar-refractivity contribution in [2.24, 2.45) is 5.92 Å². The van der Waals surface area contributed by atoms with Crippen molar-refractivity contribution in [3.63, 3.8) is 0 Å². The first kappa shape index (κ1) is 13.2. The van der Waals surface area contributed by atoms with Crippen molar-refractivity contribution in [1.82, 2.24) is 15.1 Å². The Hall–Kier alpha value is -0.830. The van der Waals surface area contributed by atoms with Crippen LogP contribution in [0.3, 0.4) is 0 Å². The molecule has 0 saturated carbocycles. The summed E-state index contributed by atoms with van der Waals surface area (Å²) >= 11 is 0. The van der Waals surface area contributed by atoms with Gasteiger partial charge < -0.3 is 5.32 Å². The van der Waals surface area contributed by atoms with Gasteiger partial charge in [0.25, 0.3) is 0 Å². The number of rotatable bonds is 6. The summed E-state index contributed by atoms with van der Waals surface area (Å²) in [6.07, 6.45) is 3.13. The second-order valence-corrected chi connectivity index (χ2v) is 5.25. The molecule has 1 heterocycles. The van der Waals surface area contributed by atoms with Gasteiger partial charge in [0.15, 0.2) is 0 Å². The molecule has 0 aliphatic heterocycles. The van der Waals surface area contributed by atoms with Crippen LogP contribution < -0.4 is 5.32 Å². The van der Waals surface area contributed by atoms with Crippen LogP contribution in [0, 0.1) is 5.92 Å². The van der Waals surface area contributed by atoms with Crippen LogP contribution in [0.15, 0.2) is 12.3 Å². The molecule has 1 aromatic rings. The monoisotopic (exact) mass is 223 g/mol. The average Bonchev–Trinajstić information content (AvgIpc) is 2.63. The van der Waals surface area contributed by atoms with Gasteiger partial charge in [0.05, 0.1) is 5.69 Å². The van der Waals surface area contributed by atoms with Crippen LogP contribution in [-0.2, 0) is 6.42 Å². The van der Waals surface area contributed by atoms with Crippen LogP contribution in [0.1, 0.15) is 46.4 Å². The summed E-state index contributed by atoms with van der Waals surface area (Å²) in [4.78, 5) is 0. The summed E-state index contributed by atoms with van der Waals surface area (Å²) in [5.41, 5.74) is 1.20. The molecule has 0 fully saturated rings. The van der Waals surface area contributed by atoms with Gasteiger partial charge in [-0.1, -0.05) is 20.8 Å². The van der Waals surface area contributed by atoms with E-state index in [2.05, 4.69) is 57.3 Å². The lowest BCUT2D eigenvalue weighted by Crippen LogP contribution is -2.28. The van der Waals surface area contributed by atoms with Gasteiger partial charge in [-0.25, -0.2) is 0 Å². The van der Waals surface area contributed by atoms with Crippen LogP contribution in [0.4, 0.5) is 0 Å². The van der Waals surface area contributed by atoms with E-state index < -0.39 is 0 Å². The minimum atomic E-state index is 0.456. The number of nitrogens with zero attached hydrogens (tertiary/aromatic N) is 2. The zero-order valence-corrected chi connectivity index (χ0v) is 11.2. The molecule has 1 unspecified atom stereocenters. The molecule has 0 aliphatic carbocycles. The molecule has 0 amide bonds. The molecule has 0 aliphatic rings. The first-order chi connectivity index (χ1) is 7.49. The lowest BCUT2D eigenvalue weighted by atomic mass is 10.1. The maximum atomic E-state index is 4.57. The Morgan fingerprint density at radius 3 is 2.44 bits per heavy atom. The molecule has 1 N–H and O–H groups in total. The van der Waals surface area contributed by atoms with Crippen molar-refractivity contribution in [3.05, 3.63) is 18.0 Å². The van der Waals surface area contributed by atoms with Gasteiger partial charge >= 0.3 is 0 Å². The Balaban J connectivity index is 2.40. The summed E-state index contributed by atoms with van der Waals surface area (Å²) < 4.78 is 2.03. The zero-order chi connectivity index (χ0) is 12.1. The Morgan fingerprint density at radius 2 is 1.94 bits per heavy atom. The summed E-state index contributed by atoms with van der Waals surface area (Å²) in [6, 6.07) is 3.15. The van der Waals surface area contributed by atoms with Crippen LogP contribution >= 0.6 is 0 Å². The molecule has 16 heavy (non-hydrogen) atoms. The highest BCUT2D eigenvalue weighted by Gasteiger charge is 2.07. The van der Waals surface area contributed by atoms with E-state index in [4.69, 9.17) is 0 Å². The largest absolute Gasteiger partial charge is 0.314 e. The molecule has 3 nitrogen and oxygen atoms in total. The van der Waals surface area contributed by atoms with E-state index in [1.165, 1.54) is 5.69 Å². The molecule has 1 rings (SSSR count).